The lowest BCUT2D eigenvalue weighted by molar-refractivity contribution is -0.128. The number of aliphatic hydroxyl groups excluding tert-OH is 1. The van der Waals surface area contributed by atoms with Gasteiger partial charge in [0.1, 0.15) is 11.9 Å². The van der Waals surface area contributed by atoms with Gasteiger partial charge < -0.3 is 19.3 Å². The maximum absolute atomic E-state index is 12.4. The Morgan fingerprint density at radius 2 is 1.74 bits per heavy atom. The van der Waals surface area contributed by atoms with Crippen molar-refractivity contribution in [1.29, 1.82) is 0 Å². The molecular formula is C14H22O6P2S. The molecule has 0 saturated heterocycles. The molecular weight excluding hydrogens is 358 g/mol. The normalized spacial score (nSPS) is 16.9. The summed E-state index contributed by atoms with van der Waals surface area (Å²) in [6, 6.07) is 7.98. The van der Waals surface area contributed by atoms with Crippen molar-refractivity contribution in [1.82, 2.24) is 0 Å². The van der Waals surface area contributed by atoms with E-state index in [9.17, 15) is 18.6 Å². The molecule has 0 bridgehead atoms. The van der Waals surface area contributed by atoms with E-state index in [4.69, 9.17) is 9.05 Å². The van der Waals surface area contributed by atoms with Gasteiger partial charge in [-0.3, -0.25) is 0 Å². The number of allylic oxidation sites excluding steroid dienone is 1. The Labute approximate surface area is 141 Å². The van der Waals surface area contributed by atoms with Gasteiger partial charge in [-0.2, -0.15) is 0 Å². The van der Waals surface area contributed by atoms with Crippen molar-refractivity contribution in [3.8, 4) is 0 Å². The number of hydrogen-bond acceptors (Lipinski definition) is 6. The molecule has 6 nitrogen and oxygen atoms in total. The van der Waals surface area contributed by atoms with Crippen LogP contribution in [-0.4, -0.2) is 31.0 Å². The number of benzene rings is 1. The second kappa shape index (κ2) is 9.07. The van der Waals surface area contributed by atoms with Crippen LogP contribution < -0.4 is 0 Å². The Hall–Kier alpha value is -0.550. The van der Waals surface area contributed by atoms with E-state index in [0.29, 0.717) is 0 Å². The second-order valence-corrected chi connectivity index (χ2v) is 7.46. The summed E-state index contributed by atoms with van der Waals surface area (Å²) in [6.07, 6.45) is -2.60. The predicted octanol–water partition coefficient (Wildman–Crippen LogP) is 1.87. The van der Waals surface area contributed by atoms with Crippen LogP contribution in [-0.2, 0) is 18.9 Å². The third-order valence-electron chi connectivity index (χ3n) is 3.69. The summed E-state index contributed by atoms with van der Waals surface area (Å²) in [5, 5.41) is 19.7. The molecule has 0 amide bonds. The summed E-state index contributed by atoms with van der Waals surface area (Å²) in [5.74, 6) is -0.664. The first kappa shape index (κ1) is 20.5. The first-order valence-electron chi connectivity index (χ1n) is 6.84. The minimum atomic E-state index is -3.67. The maximum atomic E-state index is 12.4. The number of hydrogen-bond donors (Lipinski definition) is 2. The Balaban J connectivity index is 3.12. The molecule has 1 aromatic rings. The van der Waals surface area contributed by atoms with Crippen LogP contribution in [0.3, 0.4) is 0 Å². The van der Waals surface area contributed by atoms with E-state index in [1.54, 1.807) is 32.0 Å². The van der Waals surface area contributed by atoms with Gasteiger partial charge in [-0.15, -0.1) is 0 Å². The maximum Gasteiger partial charge on any atom is 0.203 e. The van der Waals surface area contributed by atoms with Crippen LogP contribution in [0, 0.1) is 11.8 Å². The topological polar surface area (TPSA) is 93.1 Å². The van der Waals surface area contributed by atoms with Crippen molar-refractivity contribution in [2.24, 2.45) is 11.8 Å². The molecule has 2 N–H and O–H groups in total. The molecule has 0 radical (unpaired) electrons. The van der Waals surface area contributed by atoms with E-state index in [0.717, 1.165) is 5.41 Å². The molecule has 5 atom stereocenters. The van der Waals surface area contributed by atoms with Gasteiger partial charge in [-0.1, -0.05) is 32.0 Å². The Bertz CT molecular complexity index is 617. The molecule has 130 valence electrons. The molecule has 0 fully saturated rings. The summed E-state index contributed by atoms with van der Waals surface area (Å²) >= 11 is 0. The van der Waals surface area contributed by atoms with Gasteiger partial charge >= 0.3 is 0 Å². The molecule has 1 aromatic carbocycles. The fourth-order valence-electron chi connectivity index (χ4n) is 2.08. The Morgan fingerprint density at radius 1 is 1.17 bits per heavy atom. The van der Waals surface area contributed by atoms with Crippen LogP contribution in [0.5, 0.6) is 0 Å². The van der Waals surface area contributed by atoms with Crippen LogP contribution in [0.15, 0.2) is 46.4 Å². The number of aliphatic hydroxyl groups is 2. The van der Waals surface area contributed by atoms with E-state index in [-0.39, 0.29) is 10.7 Å². The summed E-state index contributed by atoms with van der Waals surface area (Å²) in [6.45, 7) is 3.44. The first-order chi connectivity index (χ1) is 10.7. The molecule has 9 heteroatoms. The van der Waals surface area contributed by atoms with Crippen molar-refractivity contribution in [3.05, 3.63) is 41.5 Å². The third kappa shape index (κ3) is 5.49. The van der Waals surface area contributed by atoms with E-state index >= 15 is 0 Å². The molecule has 0 heterocycles. The van der Waals surface area contributed by atoms with Gasteiger partial charge in [0, 0.05) is 15.4 Å². The zero-order valence-electron chi connectivity index (χ0n) is 12.9. The lowest BCUT2D eigenvalue weighted by atomic mass is 9.89. The monoisotopic (exact) mass is 380 g/mol. The largest absolute Gasteiger partial charge is 0.484 e. The van der Waals surface area contributed by atoms with Gasteiger partial charge in [-0.25, -0.2) is 8.42 Å². The zero-order chi connectivity index (χ0) is 17.6. The van der Waals surface area contributed by atoms with E-state index in [1.165, 1.54) is 12.1 Å². The van der Waals surface area contributed by atoms with Crippen molar-refractivity contribution in [3.63, 3.8) is 0 Å². The third-order valence-corrected chi connectivity index (χ3v) is 5.74. The van der Waals surface area contributed by atoms with Crippen LogP contribution >= 0.6 is 18.9 Å². The highest BCUT2D eigenvalue weighted by Gasteiger charge is 2.31. The van der Waals surface area contributed by atoms with Crippen molar-refractivity contribution in [2.75, 3.05) is 0 Å². The van der Waals surface area contributed by atoms with Gasteiger partial charge in [0.25, 0.3) is 0 Å². The van der Waals surface area contributed by atoms with Crippen molar-refractivity contribution >= 4 is 28.8 Å². The lowest BCUT2D eigenvalue weighted by Crippen LogP contribution is -2.36. The molecule has 1 rings (SSSR count). The highest BCUT2D eigenvalue weighted by molar-refractivity contribution is 7.94. The lowest BCUT2D eigenvalue weighted by Gasteiger charge is -2.29. The first-order valence-corrected chi connectivity index (χ1v) is 9.33. The minimum absolute atomic E-state index is 0.153. The molecule has 0 spiro atoms. The fraction of sp³-hybridized carbons (Fsp3) is 0.429. The van der Waals surface area contributed by atoms with Gasteiger partial charge in [0.15, 0.2) is 6.29 Å². The molecule has 0 saturated carbocycles. The van der Waals surface area contributed by atoms with E-state index in [1.807, 2.05) is 18.9 Å². The molecule has 0 aliphatic carbocycles. The fourth-order valence-corrected chi connectivity index (χ4v) is 4.10. The van der Waals surface area contributed by atoms with Gasteiger partial charge in [0.2, 0.25) is 9.84 Å². The van der Waals surface area contributed by atoms with Gasteiger partial charge in [-0.05, 0) is 18.1 Å². The summed E-state index contributed by atoms with van der Waals surface area (Å²) in [5.41, 5.74) is 0. The molecule has 0 aromatic heterocycles. The van der Waals surface area contributed by atoms with Crippen molar-refractivity contribution in [2.45, 2.75) is 31.1 Å². The SMILES string of the molecule is CC(/C(=C/S(=O)(=O)c1ccccc1)OP)C(C)C(OP)C(O)O. The number of rotatable bonds is 8. The molecule has 0 aliphatic heterocycles. The van der Waals surface area contributed by atoms with Crippen LogP contribution in [0.1, 0.15) is 13.8 Å². The average molecular weight is 380 g/mol. The van der Waals surface area contributed by atoms with Crippen molar-refractivity contribution < 1.29 is 27.7 Å². The van der Waals surface area contributed by atoms with E-state index in [2.05, 4.69) is 0 Å². The molecule has 0 aliphatic rings. The second-order valence-electron chi connectivity index (χ2n) is 5.16. The highest BCUT2D eigenvalue weighted by atomic mass is 32.2. The van der Waals surface area contributed by atoms with Crippen LogP contribution in [0.2, 0.25) is 0 Å². The summed E-state index contributed by atoms with van der Waals surface area (Å²) in [4.78, 5) is 0.153. The van der Waals surface area contributed by atoms with Crippen LogP contribution in [0.4, 0.5) is 0 Å². The highest BCUT2D eigenvalue weighted by Crippen LogP contribution is 2.30. The van der Waals surface area contributed by atoms with Crippen LogP contribution in [0.25, 0.3) is 0 Å². The average Bonchev–Trinajstić information content (AvgIpc) is 2.53. The quantitative estimate of drug-likeness (QED) is 0.406. The standard InChI is InChI=1S/C14H22O6P2S/c1-9(10(2)13(20-22)14(15)16)12(19-21)8-23(17,18)11-6-4-3-5-7-11/h3-10,13-16H,21-22H2,1-2H3/b12-8-. The smallest absolute Gasteiger partial charge is 0.203 e. The minimum Gasteiger partial charge on any atom is -0.484 e. The summed E-state index contributed by atoms with van der Waals surface area (Å²) in [7, 11) is 0.319. The Kier molecular flexibility index (Phi) is 8.08. The summed E-state index contributed by atoms with van der Waals surface area (Å²) < 4.78 is 34.9. The molecule has 5 unspecified atom stereocenters. The van der Waals surface area contributed by atoms with E-state index < -0.39 is 34.1 Å². The van der Waals surface area contributed by atoms with Gasteiger partial charge in [0.05, 0.1) is 19.8 Å². The Morgan fingerprint density at radius 3 is 2.17 bits per heavy atom. The molecule has 23 heavy (non-hydrogen) atoms. The number of sulfone groups is 1. The predicted molar refractivity (Wildman–Crippen MR) is 93.6 cm³/mol. The zero-order valence-corrected chi connectivity index (χ0v) is 16.0.